The molecule has 0 radical (unpaired) electrons. The molecule has 4 heteroatoms. The average molecular weight is 369 g/mol. The van der Waals surface area contributed by atoms with Crippen molar-refractivity contribution in [3.63, 3.8) is 0 Å². The summed E-state index contributed by atoms with van der Waals surface area (Å²) in [6.07, 6.45) is 0.222. The van der Waals surface area contributed by atoms with E-state index in [1.807, 2.05) is 72.8 Å². The van der Waals surface area contributed by atoms with Gasteiger partial charge in [0.1, 0.15) is 6.04 Å². The highest BCUT2D eigenvalue weighted by Gasteiger charge is 2.21. The lowest BCUT2D eigenvalue weighted by Crippen LogP contribution is -2.42. The van der Waals surface area contributed by atoms with Crippen molar-refractivity contribution in [2.45, 2.75) is 12.5 Å². The van der Waals surface area contributed by atoms with E-state index in [0.717, 1.165) is 27.1 Å². The summed E-state index contributed by atoms with van der Waals surface area (Å²) in [5.41, 5.74) is 1.31. The second-order valence-electron chi connectivity index (χ2n) is 6.81. The number of benzene rings is 4. The molecule has 4 rings (SSSR count). The Morgan fingerprint density at radius 1 is 0.750 bits per heavy atom. The summed E-state index contributed by atoms with van der Waals surface area (Å²) in [5, 5.41) is 16.4. The van der Waals surface area contributed by atoms with Crippen LogP contribution < -0.4 is 5.32 Å². The minimum Gasteiger partial charge on any atom is -0.480 e. The number of carbonyl (C=O) groups is 2. The molecule has 0 aliphatic heterocycles. The Morgan fingerprint density at radius 3 is 1.96 bits per heavy atom. The molecule has 4 aromatic rings. The maximum Gasteiger partial charge on any atom is 0.326 e. The number of carboxylic acids is 1. The lowest BCUT2D eigenvalue weighted by molar-refractivity contribution is -0.139. The van der Waals surface area contributed by atoms with Crippen LogP contribution in [0, 0.1) is 0 Å². The van der Waals surface area contributed by atoms with Gasteiger partial charge in [0.05, 0.1) is 0 Å². The summed E-state index contributed by atoms with van der Waals surface area (Å²) in [6, 6.07) is 25.8. The van der Waals surface area contributed by atoms with Gasteiger partial charge in [-0.1, -0.05) is 72.8 Å². The van der Waals surface area contributed by atoms with Crippen LogP contribution in [0.4, 0.5) is 0 Å². The number of nitrogens with one attached hydrogen (secondary N) is 1. The maximum absolute atomic E-state index is 12.6. The monoisotopic (exact) mass is 369 g/mol. The maximum atomic E-state index is 12.6. The number of carbonyl (C=O) groups excluding carboxylic acids is 1. The molecule has 0 saturated carbocycles. The van der Waals surface area contributed by atoms with Crippen molar-refractivity contribution >= 4 is 33.4 Å². The number of fused-ring (bicyclic) bond motifs is 2. The zero-order valence-corrected chi connectivity index (χ0v) is 15.1. The van der Waals surface area contributed by atoms with Crippen LogP contribution in [-0.4, -0.2) is 23.0 Å². The van der Waals surface area contributed by atoms with Gasteiger partial charge in [-0.3, -0.25) is 4.79 Å². The van der Waals surface area contributed by atoms with Crippen molar-refractivity contribution in [3.8, 4) is 0 Å². The van der Waals surface area contributed by atoms with Gasteiger partial charge < -0.3 is 10.4 Å². The third-order valence-electron chi connectivity index (χ3n) is 4.87. The number of carboxylic acid groups (broad SMARTS) is 1. The van der Waals surface area contributed by atoms with Gasteiger partial charge >= 0.3 is 5.97 Å². The third-order valence-corrected chi connectivity index (χ3v) is 4.87. The van der Waals surface area contributed by atoms with Crippen molar-refractivity contribution in [2.24, 2.45) is 0 Å². The van der Waals surface area contributed by atoms with Crippen LogP contribution in [0.5, 0.6) is 0 Å². The largest absolute Gasteiger partial charge is 0.480 e. The topological polar surface area (TPSA) is 66.4 Å². The summed E-state index contributed by atoms with van der Waals surface area (Å²) in [7, 11) is 0. The second-order valence-corrected chi connectivity index (χ2v) is 6.81. The molecule has 0 spiro atoms. The van der Waals surface area contributed by atoms with Crippen LogP contribution >= 0.6 is 0 Å². The number of rotatable bonds is 5. The van der Waals surface area contributed by atoms with Crippen LogP contribution in [0.2, 0.25) is 0 Å². The van der Waals surface area contributed by atoms with Crippen LogP contribution in [0.25, 0.3) is 21.5 Å². The number of hydrogen-bond acceptors (Lipinski definition) is 2. The molecule has 4 nitrogen and oxygen atoms in total. The van der Waals surface area contributed by atoms with Crippen molar-refractivity contribution < 1.29 is 14.7 Å². The van der Waals surface area contributed by atoms with Gasteiger partial charge in [-0.25, -0.2) is 4.79 Å². The van der Waals surface area contributed by atoms with E-state index in [9.17, 15) is 14.7 Å². The molecule has 1 atom stereocenters. The third kappa shape index (κ3) is 3.71. The molecule has 4 aromatic carbocycles. The summed E-state index contributed by atoms with van der Waals surface area (Å²) in [4.78, 5) is 24.4. The fourth-order valence-electron chi connectivity index (χ4n) is 3.37. The molecule has 0 aliphatic carbocycles. The van der Waals surface area contributed by atoms with Gasteiger partial charge in [-0.15, -0.1) is 0 Å². The van der Waals surface area contributed by atoms with Crippen LogP contribution in [0.15, 0.2) is 84.9 Å². The van der Waals surface area contributed by atoms with Gasteiger partial charge in [-0.2, -0.15) is 0 Å². The minimum absolute atomic E-state index is 0.222. The van der Waals surface area contributed by atoms with Crippen molar-refractivity contribution in [1.82, 2.24) is 5.32 Å². The highest BCUT2D eigenvalue weighted by atomic mass is 16.4. The fraction of sp³-hybridized carbons (Fsp3) is 0.0833. The first-order valence-corrected chi connectivity index (χ1v) is 9.10. The van der Waals surface area contributed by atoms with E-state index >= 15 is 0 Å². The van der Waals surface area contributed by atoms with Crippen LogP contribution in [0.1, 0.15) is 15.9 Å². The quantitative estimate of drug-likeness (QED) is 0.547. The SMILES string of the molecule is O=C(N[C@H](Cc1ccc2ccccc2c1)C(=O)O)c1ccc2ccccc2c1. The van der Waals surface area contributed by atoms with E-state index < -0.39 is 12.0 Å². The molecule has 138 valence electrons. The number of hydrogen-bond donors (Lipinski definition) is 2. The smallest absolute Gasteiger partial charge is 0.326 e. The van der Waals surface area contributed by atoms with Crippen molar-refractivity contribution in [1.29, 1.82) is 0 Å². The van der Waals surface area contributed by atoms with Gasteiger partial charge in [0.2, 0.25) is 0 Å². The Bertz CT molecular complexity index is 1180. The van der Waals surface area contributed by atoms with E-state index in [0.29, 0.717) is 5.56 Å². The number of aliphatic carboxylic acids is 1. The fourth-order valence-corrected chi connectivity index (χ4v) is 3.37. The highest BCUT2D eigenvalue weighted by molar-refractivity contribution is 6.00. The van der Waals surface area contributed by atoms with Crippen molar-refractivity contribution in [2.75, 3.05) is 0 Å². The van der Waals surface area contributed by atoms with E-state index in [-0.39, 0.29) is 12.3 Å². The molecule has 0 aromatic heterocycles. The first kappa shape index (κ1) is 17.7. The molecule has 0 heterocycles. The predicted octanol–water partition coefficient (Wildman–Crippen LogP) is 4.42. The molecule has 0 fully saturated rings. The van der Waals surface area contributed by atoms with Gasteiger partial charge in [0, 0.05) is 12.0 Å². The number of amides is 1. The minimum atomic E-state index is -1.05. The Kier molecular flexibility index (Phi) is 4.77. The highest BCUT2D eigenvalue weighted by Crippen LogP contribution is 2.18. The molecule has 0 saturated heterocycles. The lowest BCUT2D eigenvalue weighted by atomic mass is 10.0. The van der Waals surface area contributed by atoms with Gasteiger partial charge in [0.15, 0.2) is 0 Å². The van der Waals surface area contributed by atoms with E-state index in [1.54, 1.807) is 12.1 Å². The van der Waals surface area contributed by atoms with Crippen LogP contribution in [0.3, 0.4) is 0 Å². The van der Waals surface area contributed by atoms with E-state index in [4.69, 9.17) is 0 Å². The van der Waals surface area contributed by atoms with Crippen LogP contribution in [-0.2, 0) is 11.2 Å². The summed E-state index contributed by atoms with van der Waals surface area (Å²) >= 11 is 0. The molecule has 0 aliphatic rings. The van der Waals surface area contributed by atoms with Crippen molar-refractivity contribution in [3.05, 3.63) is 96.1 Å². The normalized spacial score (nSPS) is 12.0. The Hall–Kier alpha value is -3.66. The Morgan fingerprint density at radius 2 is 1.32 bits per heavy atom. The standard InChI is InChI=1S/C24H19NO3/c26-23(21-12-11-18-6-2-4-8-20(18)15-21)25-22(24(27)28)14-16-9-10-17-5-1-3-7-19(17)13-16/h1-13,15,22H,14H2,(H,25,26)(H,27,28)/t22-/m1/s1. The molecule has 28 heavy (non-hydrogen) atoms. The first-order chi connectivity index (χ1) is 13.6. The zero-order valence-electron chi connectivity index (χ0n) is 15.1. The second kappa shape index (κ2) is 7.53. The molecule has 1 amide bonds. The summed E-state index contributed by atoms with van der Waals surface area (Å²) in [5.74, 6) is -1.44. The van der Waals surface area contributed by atoms with Gasteiger partial charge in [-0.05, 0) is 39.2 Å². The molecule has 0 unspecified atom stereocenters. The Labute approximate surface area is 162 Å². The van der Waals surface area contributed by atoms with E-state index in [2.05, 4.69) is 5.32 Å². The van der Waals surface area contributed by atoms with E-state index in [1.165, 1.54) is 0 Å². The summed E-state index contributed by atoms with van der Waals surface area (Å²) in [6.45, 7) is 0. The molecular weight excluding hydrogens is 350 g/mol. The Balaban J connectivity index is 1.55. The average Bonchev–Trinajstić information content (AvgIpc) is 2.72. The molecule has 2 N–H and O–H groups in total. The predicted molar refractivity (Wildman–Crippen MR) is 110 cm³/mol. The lowest BCUT2D eigenvalue weighted by Gasteiger charge is -2.15. The molecule has 0 bridgehead atoms. The van der Waals surface area contributed by atoms with Gasteiger partial charge in [0.25, 0.3) is 5.91 Å². The first-order valence-electron chi connectivity index (χ1n) is 9.10. The molecular formula is C24H19NO3. The zero-order chi connectivity index (χ0) is 19.5. The summed E-state index contributed by atoms with van der Waals surface area (Å²) < 4.78 is 0.